The van der Waals surface area contributed by atoms with Crippen molar-refractivity contribution in [3.8, 4) is 0 Å². The minimum atomic E-state index is -0.852. The molecule has 0 heterocycles. The van der Waals surface area contributed by atoms with Gasteiger partial charge in [0, 0.05) is 5.69 Å². The van der Waals surface area contributed by atoms with Gasteiger partial charge in [-0.3, -0.25) is 0 Å². The summed E-state index contributed by atoms with van der Waals surface area (Å²) in [5, 5.41) is 5.37. The first-order chi connectivity index (χ1) is 10.6. The fourth-order valence-electron chi connectivity index (χ4n) is 2.04. The molecular weight excluding hydrogens is 280 g/mol. The van der Waals surface area contributed by atoms with E-state index < -0.39 is 18.0 Å². The Bertz CT molecular complexity index is 656. The highest BCUT2D eigenvalue weighted by atomic mass is 16.5. The van der Waals surface area contributed by atoms with Gasteiger partial charge in [0.1, 0.15) is 0 Å². The van der Waals surface area contributed by atoms with Crippen molar-refractivity contribution in [2.45, 2.75) is 13.0 Å². The van der Waals surface area contributed by atoms with Gasteiger partial charge in [0.2, 0.25) is 0 Å². The molecule has 2 aromatic carbocycles. The molecule has 0 aliphatic heterocycles. The zero-order valence-corrected chi connectivity index (χ0v) is 12.5. The van der Waals surface area contributed by atoms with Gasteiger partial charge in [-0.25, -0.2) is 9.59 Å². The van der Waals surface area contributed by atoms with Crippen molar-refractivity contribution >= 4 is 17.7 Å². The molecular formula is C17H18N2O3. The van der Waals surface area contributed by atoms with Crippen molar-refractivity contribution in [3.63, 3.8) is 0 Å². The van der Waals surface area contributed by atoms with E-state index in [1.54, 1.807) is 30.3 Å². The number of para-hydroxylation sites is 1. The smallest absolute Gasteiger partial charge is 0.333 e. The minimum Gasteiger partial charge on any atom is -0.467 e. The summed E-state index contributed by atoms with van der Waals surface area (Å²) in [6, 6.07) is 15.0. The van der Waals surface area contributed by atoms with E-state index >= 15 is 0 Å². The number of amides is 2. The number of aryl methyl sites for hydroxylation is 1. The number of carbonyl (C=O) groups excluding carboxylic acids is 2. The molecule has 5 heteroatoms. The molecule has 0 aliphatic carbocycles. The van der Waals surface area contributed by atoms with Crippen molar-refractivity contribution in [2.75, 3.05) is 12.4 Å². The summed E-state index contributed by atoms with van der Waals surface area (Å²) in [5.74, 6) is -0.522. The molecule has 2 rings (SSSR count). The molecule has 114 valence electrons. The van der Waals surface area contributed by atoms with Gasteiger partial charge in [0.25, 0.3) is 0 Å². The Morgan fingerprint density at radius 2 is 1.64 bits per heavy atom. The van der Waals surface area contributed by atoms with E-state index in [0.29, 0.717) is 11.3 Å². The van der Waals surface area contributed by atoms with Gasteiger partial charge in [-0.2, -0.15) is 0 Å². The number of esters is 1. The third-order valence-corrected chi connectivity index (χ3v) is 3.24. The van der Waals surface area contributed by atoms with Gasteiger partial charge in [0.15, 0.2) is 6.04 Å². The van der Waals surface area contributed by atoms with Crippen LogP contribution in [0, 0.1) is 6.92 Å². The van der Waals surface area contributed by atoms with Crippen LogP contribution in [-0.2, 0) is 9.53 Å². The first kappa shape index (κ1) is 15.6. The standard InChI is InChI=1S/C17H18N2O3/c1-12-8-6-7-11-14(12)18-17(21)19-15(16(20)22-2)13-9-4-3-5-10-13/h3-11,15H,1-2H3,(H2,18,19,21). The third-order valence-electron chi connectivity index (χ3n) is 3.24. The van der Waals surface area contributed by atoms with Crippen LogP contribution in [0.3, 0.4) is 0 Å². The van der Waals surface area contributed by atoms with Gasteiger partial charge in [-0.05, 0) is 24.1 Å². The largest absolute Gasteiger partial charge is 0.467 e. The fraction of sp³-hybridized carbons (Fsp3) is 0.176. The molecule has 0 saturated heterocycles. The number of rotatable bonds is 4. The van der Waals surface area contributed by atoms with E-state index in [-0.39, 0.29) is 0 Å². The lowest BCUT2D eigenvalue weighted by molar-refractivity contribution is -0.143. The molecule has 0 saturated carbocycles. The maximum atomic E-state index is 12.1. The van der Waals surface area contributed by atoms with Crippen molar-refractivity contribution < 1.29 is 14.3 Å². The number of ether oxygens (including phenoxy) is 1. The quantitative estimate of drug-likeness (QED) is 0.853. The number of hydrogen-bond donors (Lipinski definition) is 2. The van der Waals surface area contributed by atoms with Crippen LogP contribution < -0.4 is 10.6 Å². The van der Waals surface area contributed by atoms with E-state index in [1.807, 2.05) is 31.2 Å². The summed E-state index contributed by atoms with van der Waals surface area (Å²) in [6.45, 7) is 1.89. The maximum Gasteiger partial charge on any atom is 0.333 e. The van der Waals surface area contributed by atoms with Gasteiger partial charge >= 0.3 is 12.0 Å². The Morgan fingerprint density at radius 3 is 2.27 bits per heavy atom. The summed E-state index contributed by atoms with van der Waals surface area (Å²) < 4.78 is 4.76. The Balaban J connectivity index is 2.12. The SMILES string of the molecule is COC(=O)C(NC(=O)Nc1ccccc1C)c1ccccc1. The molecule has 0 aromatic heterocycles. The molecule has 2 N–H and O–H groups in total. The van der Waals surface area contributed by atoms with Crippen LogP contribution in [0.15, 0.2) is 54.6 Å². The van der Waals surface area contributed by atoms with Crippen LogP contribution >= 0.6 is 0 Å². The van der Waals surface area contributed by atoms with Crippen LogP contribution in [0.25, 0.3) is 0 Å². The fourth-order valence-corrected chi connectivity index (χ4v) is 2.04. The second-order valence-electron chi connectivity index (χ2n) is 4.78. The van der Waals surface area contributed by atoms with Gasteiger partial charge in [-0.1, -0.05) is 48.5 Å². The molecule has 2 amide bonds. The Labute approximate surface area is 129 Å². The molecule has 0 radical (unpaired) electrons. The van der Waals surface area contributed by atoms with Crippen LogP contribution in [0.5, 0.6) is 0 Å². The predicted octanol–water partition coefficient (Wildman–Crippen LogP) is 3.03. The van der Waals surface area contributed by atoms with Crippen molar-refractivity contribution in [3.05, 3.63) is 65.7 Å². The summed E-state index contributed by atoms with van der Waals surface area (Å²) in [6.07, 6.45) is 0. The Kier molecular flexibility index (Phi) is 5.14. The Hall–Kier alpha value is -2.82. The summed E-state index contributed by atoms with van der Waals surface area (Å²) in [7, 11) is 1.29. The normalized spacial score (nSPS) is 11.4. The molecule has 0 spiro atoms. The van der Waals surface area contributed by atoms with Crippen molar-refractivity contribution in [1.29, 1.82) is 0 Å². The monoisotopic (exact) mass is 298 g/mol. The number of methoxy groups -OCH3 is 1. The van der Waals surface area contributed by atoms with Crippen molar-refractivity contribution in [2.24, 2.45) is 0 Å². The van der Waals surface area contributed by atoms with E-state index in [1.165, 1.54) is 7.11 Å². The lowest BCUT2D eigenvalue weighted by Crippen LogP contribution is -2.37. The summed E-state index contributed by atoms with van der Waals surface area (Å²) >= 11 is 0. The van der Waals surface area contributed by atoms with Gasteiger partial charge < -0.3 is 15.4 Å². The third kappa shape index (κ3) is 3.85. The van der Waals surface area contributed by atoms with Gasteiger partial charge in [-0.15, -0.1) is 0 Å². The average molecular weight is 298 g/mol. The van der Waals surface area contributed by atoms with Crippen LogP contribution in [0.1, 0.15) is 17.2 Å². The van der Waals surface area contributed by atoms with Crippen LogP contribution in [0.4, 0.5) is 10.5 Å². The summed E-state index contributed by atoms with van der Waals surface area (Å²) in [5.41, 5.74) is 2.29. The molecule has 2 aromatic rings. The lowest BCUT2D eigenvalue weighted by atomic mass is 10.1. The predicted molar refractivity (Wildman–Crippen MR) is 84.5 cm³/mol. The number of carbonyl (C=O) groups is 2. The number of nitrogens with one attached hydrogen (secondary N) is 2. The highest BCUT2D eigenvalue weighted by Gasteiger charge is 2.23. The summed E-state index contributed by atoms with van der Waals surface area (Å²) in [4.78, 5) is 24.0. The zero-order chi connectivity index (χ0) is 15.9. The van der Waals surface area contributed by atoms with E-state index in [2.05, 4.69) is 10.6 Å². The first-order valence-electron chi connectivity index (χ1n) is 6.87. The number of hydrogen-bond acceptors (Lipinski definition) is 3. The number of benzene rings is 2. The molecule has 5 nitrogen and oxygen atoms in total. The second kappa shape index (κ2) is 7.26. The molecule has 0 fully saturated rings. The molecule has 1 atom stereocenters. The topological polar surface area (TPSA) is 67.4 Å². The molecule has 0 aliphatic rings. The van der Waals surface area contributed by atoms with Crippen LogP contribution in [-0.4, -0.2) is 19.1 Å². The number of urea groups is 1. The number of anilines is 1. The molecule has 1 unspecified atom stereocenters. The van der Waals surface area contributed by atoms with E-state index in [9.17, 15) is 9.59 Å². The maximum absolute atomic E-state index is 12.1. The Morgan fingerprint density at radius 1 is 1.00 bits per heavy atom. The van der Waals surface area contributed by atoms with Crippen LogP contribution in [0.2, 0.25) is 0 Å². The van der Waals surface area contributed by atoms with Gasteiger partial charge in [0.05, 0.1) is 7.11 Å². The lowest BCUT2D eigenvalue weighted by Gasteiger charge is -2.17. The minimum absolute atomic E-state index is 0.464. The average Bonchev–Trinajstić information content (AvgIpc) is 2.55. The second-order valence-corrected chi connectivity index (χ2v) is 4.78. The van der Waals surface area contributed by atoms with Crippen molar-refractivity contribution in [1.82, 2.24) is 5.32 Å². The highest BCUT2D eigenvalue weighted by Crippen LogP contribution is 2.16. The molecule has 22 heavy (non-hydrogen) atoms. The molecule has 0 bridgehead atoms. The zero-order valence-electron chi connectivity index (χ0n) is 12.5. The highest BCUT2D eigenvalue weighted by molar-refractivity contribution is 5.93. The van der Waals surface area contributed by atoms with E-state index in [4.69, 9.17) is 4.74 Å². The van der Waals surface area contributed by atoms with E-state index in [0.717, 1.165) is 5.56 Å². The first-order valence-corrected chi connectivity index (χ1v) is 6.87.